The van der Waals surface area contributed by atoms with Gasteiger partial charge in [0, 0.05) is 38.8 Å². The normalized spacial score (nSPS) is 33.5. The van der Waals surface area contributed by atoms with Gasteiger partial charge in [0.25, 0.3) is 0 Å². The summed E-state index contributed by atoms with van der Waals surface area (Å²) in [4.78, 5) is 2.40. The van der Waals surface area contributed by atoms with Gasteiger partial charge >= 0.3 is 0 Å². The van der Waals surface area contributed by atoms with Crippen LogP contribution < -0.4 is 0 Å². The van der Waals surface area contributed by atoms with E-state index in [9.17, 15) is 8.42 Å². The van der Waals surface area contributed by atoms with Gasteiger partial charge in [0.05, 0.1) is 11.9 Å². The molecule has 2 atom stereocenters. The first-order valence-corrected chi connectivity index (χ1v) is 9.03. The minimum absolute atomic E-state index is 0.210. The highest BCUT2D eigenvalue weighted by Gasteiger charge is 2.39. The van der Waals surface area contributed by atoms with Crippen LogP contribution in [-0.4, -0.2) is 68.3 Å². The van der Waals surface area contributed by atoms with E-state index in [0.29, 0.717) is 25.2 Å². The molecular formula is C13H24N2O3S. The summed E-state index contributed by atoms with van der Waals surface area (Å²) in [6.07, 6.45) is 3.95. The Morgan fingerprint density at radius 2 is 2.00 bits per heavy atom. The summed E-state index contributed by atoms with van der Waals surface area (Å²) in [6.45, 7) is 5.76. The number of hydrogen-bond acceptors (Lipinski definition) is 4. The third-order valence-electron chi connectivity index (χ3n) is 4.56. The van der Waals surface area contributed by atoms with Crippen LogP contribution in [-0.2, 0) is 14.8 Å². The Morgan fingerprint density at radius 1 is 1.21 bits per heavy atom. The fourth-order valence-electron chi connectivity index (χ4n) is 3.08. The molecule has 0 amide bonds. The standard InChI is InChI=1S/C13H24N2O3S/c1-2-19(16,17)15-6-5-14-9-13(7-12(14)8-15)18-10-11-3-4-11/h11-13H,2-10H2,1H3. The Balaban J connectivity index is 1.53. The molecule has 0 spiro atoms. The second kappa shape index (κ2) is 5.31. The first kappa shape index (κ1) is 13.8. The highest BCUT2D eigenvalue weighted by molar-refractivity contribution is 7.89. The quantitative estimate of drug-likeness (QED) is 0.740. The van der Waals surface area contributed by atoms with Gasteiger partial charge in [-0.25, -0.2) is 8.42 Å². The molecule has 2 aliphatic heterocycles. The number of sulfonamides is 1. The lowest BCUT2D eigenvalue weighted by molar-refractivity contribution is 0.0517. The summed E-state index contributed by atoms with van der Waals surface area (Å²) in [5.74, 6) is 1.01. The second-order valence-electron chi connectivity index (χ2n) is 6.04. The maximum atomic E-state index is 11.9. The molecule has 0 aromatic heterocycles. The van der Waals surface area contributed by atoms with Crippen molar-refractivity contribution in [2.24, 2.45) is 5.92 Å². The Kier molecular flexibility index (Phi) is 3.86. The van der Waals surface area contributed by atoms with E-state index >= 15 is 0 Å². The lowest BCUT2D eigenvalue weighted by Gasteiger charge is -2.36. The molecule has 6 heteroatoms. The van der Waals surface area contributed by atoms with E-state index in [4.69, 9.17) is 4.74 Å². The van der Waals surface area contributed by atoms with Gasteiger partial charge in [-0.1, -0.05) is 0 Å². The van der Waals surface area contributed by atoms with Crippen LogP contribution in [0.1, 0.15) is 26.2 Å². The Hall–Kier alpha value is -0.170. The van der Waals surface area contributed by atoms with Crippen LogP contribution in [0.3, 0.4) is 0 Å². The van der Waals surface area contributed by atoms with E-state index in [1.165, 1.54) is 12.8 Å². The van der Waals surface area contributed by atoms with Crippen molar-refractivity contribution in [1.29, 1.82) is 0 Å². The van der Waals surface area contributed by atoms with Crippen LogP contribution in [0.4, 0.5) is 0 Å². The Morgan fingerprint density at radius 3 is 2.68 bits per heavy atom. The smallest absolute Gasteiger partial charge is 0.213 e. The zero-order chi connectivity index (χ0) is 13.5. The summed E-state index contributed by atoms with van der Waals surface area (Å²) in [5, 5.41) is 0. The number of ether oxygens (including phenoxy) is 1. The summed E-state index contributed by atoms with van der Waals surface area (Å²) in [5.41, 5.74) is 0. The summed E-state index contributed by atoms with van der Waals surface area (Å²) in [6, 6.07) is 0.360. The van der Waals surface area contributed by atoms with Crippen molar-refractivity contribution in [3.8, 4) is 0 Å². The molecule has 2 saturated heterocycles. The molecule has 3 rings (SSSR count). The first-order valence-electron chi connectivity index (χ1n) is 7.42. The molecule has 5 nitrogen and oxygen atoms in total. The molecule has 2 heterocycles. The van der Waals surface area contributed by atoms with Gasteiger partial charge in [0.2, 0.25) is 10.0 Å². The van der Waals surface area contributed by atoms with Gasteiger partial charge in [-0.3, -0.25) is 4.90 Å². The number of nitrogens with zero attached hydrogens (tertiary/aromatic N) is 2. The van der Waals surface area contributed by atoms with Gasteiger partial charge in [0.15, 0.2) is 0 Å². The molecule has 19 heavy (non-hydrogen) atoms. The molecule has 3 fully saturated rings. The van der Waals surface area contributed by atoms with E-state index < -0.39 is 10.0 Å². The fourth-order valence-corrected chi connectivity index (χ4v) is 4.20. The minimum Gasteiger partial charge on any atom is -0.377 e. The highest BCUT2D eigenvalue weighted by atomic mass is 32.2. The van der Waals surface area contributed by atoms with E-state index in [-0.39, 0.29) is 5.75 Å². The first-order chi connectivity index (χ1) is 9.08. The van der Waals surface area contributed by atoms with Gasteiger partial charge in [-0.2, -0.15) is 4.31 Å². The lowest BCUT2D eigenvalue weighted by atomic mass is 10.2. The third-order valence-corrected chi connectivity index (χ3v) is 6.41. The predicted molar refractivity (Wildman–Crippen MR) is 73.5 cm³/mol. The van der Waals surface area contributed by atoms with Crippen molar-refractivity contribution >= 4 is 10.0 Å². The van der Waals surface area contributed by atoms with Crippen molar-refractivity contribution in [3.05, 3.63) is 0 Å². The molecule has 1 saturated carbocycles. The van der Waals surface area contributed by atoms with Gasteiger partial charge < -0.3 is 4.74 Å². The van der Waals surface area contributed by atoms with Crippen LogP contribution in [0.5, 0.6) is 0 Å². The molecule has 1 aliphatic carbocycles. The molecule has 0 aromatic carbocycles. The zero-order valence-corrected chi connectivity index (χ0v) is 12.4. The Bertz CT molecular complexity index is 422. The van der Waals surface area contributed by atoms with Crippen LogP contribution in [0, 0.1) is 5.92 Å². The summed E-state index contributed by atoms with van der Waals surface area (Å²) >= 11 is 0. The SMILES string of the molecule is CCS(=O)(=O)N1CCN2CC(OCC3CC3)CC2C1. The van der Waals surface area contributed by atoms with Crippen molar-refractivity contribution in [3.63, 3.8) is 0 Å². The number of hydrogen-bond donors (Lipinski definition) is 0. The van der Waals surface area contributed by atoms with E-state index in [0.717, 1.165) is 32.0 Å². The molecule has 0 N–H and O–H groups in total. The molecule has 2 unspecified atom stereocenters. The van der Waals surface area contributed by atoms with Gasteiger partial charge in [0.1, 0.15) is 0 Å². The topological polar surface area (TPSA) is 49.9 Å². The average Bonchev–Trinajstić information content (AvgIpc) is 3.14. The molecule has 0 bridgehead atoms. The minimum atomic E-state index is -3.03. The molecule has 0 aromatic rings. The van der Waals surface area contributed by atoms with Crippen molar-refractivity contribution in [2.75, 3.05) is 38.5 Å². The summed E-state index contributed by atoms with van der Waals surface area (Å²) in [7, 11) is -3.03. The van der Waals surface area contributed by atoms with Crippen LogP contribution in [0.2, 0.25) is 0 Å². The average molecular weight is 288 g/mol. The van der Waals surface area contributed by atoms with Crippen molar-refractivity contribution < 1.29 is 13.2 Å². The van der Waals surface area contributed by atoms with Gasteiger partial charge in [-0.15, -0.1) is 0 Å². The molecule has 3 aliphatic rings. The molecule has 110 valence electrons. The highest BCUT2D eigenvalue weighted by Crippen LogP contribution is 2.31. The second-order valence-corrected chi connectivity index (χ2v) is 8.30. The maximum absolute atomic E-state index is 11.9. The number of rotatable bonds is 5. The van der Waals surface area contributed by atoms with Gasteiger partial charge in [-0.05, 0) is 32.1 Å². The lowest BCUT2D eigenvalue weighted by Crippen LogP contribution is -2.52. The molecule has 0 radical (unpaired) electrons. The van der Waals surface area contributed by atoms with Crippen molar-refractivity contribution in [1.82, 2.24) is 9.21 Å². The largest absolute Gasteiger partial charge is 0.377 e. The van der Waals surface area contributed by atoms with Crippen molar-refractivity contribution in [2.45, 2.75) is 38.3 Å². The van der Waals surface area contributed by atoms with Crippen LogP contribution in [0.25, 0.3) is 0 Å². The molecular weight excluding hydrogens is 264 g/mol. The maximum Gasteiger partial charge on any atom is 0.213 e. The van der Waals surface area contributed by atoms with E-state index in [2.05, 4.69) is 4.90 Å². The van der Waals surface area contributed by atoms with Crippen LogP contribution >= 0.6 is 0 Å². The van der Waals surface area contributed by atoms with E-state index in [1.54, 1.807) is 11.2 Å². The number of fused-ring (bicyclic) bond motifs is 1. The number of piperazine rings is 1. The fraction of sp³-hybridized carbons (Fsp3) is 1.00. The Labute approximate surface area is 115 Å². The van der Waals surface area contributed by atoms with E-state index in [1.807, 2.05) is 0 Å². The van der Waals surface area contributed by atoms with Crippen LogP contribution in [0.15, 0.2) is 0 Å². The summed E-state index contributed by atoms with van der Waals surface area (Å²) < 4.78 is 31.5. The third kappa shape index (κ3) is 3.12. The zero-order valence-electron chi connectivity index (χ0n) is 11.6. The predicted octanol–water partition coefficient (Wildman–Crippen LogP) is 0.521. The monoisotopic (exact) mass is 288 g/mol.